The van der Waals surface area contributed by atoms with Crippen molar-refractivity contribution in [2.45, 2.75) is 18.1 Å². The van der Waals surface area contributed by atoms with Crippen molar-refractivity contribution in [3.8, 4) is 11.1 Å². The van der Waals surface area contributed by atoms with Crippen molar-refractivity contribution in [2.75, 3.05) is 12.4 Å². The lowest BCUT2D eigenvalue weighted by molar-refractivity contribution is -0.142. The van der Waals surface area contributed by atoms with Crippen LogP contribution in [0.1, 0.15) is 22.4 Å². The molecule has 0 saturated heterocycles. The fourth-order valence-corrected chi connectivity index (χ4v) is 6.08. The first-order valence-electron chi connectivity index (χ1n) is 15.0. The lowest BCUT2D eigenvalue weighted by Gasteiger charge is -2.30. The molecule has 0 aliphatic carbocycles. The number of aryl methyl sites for hydroxylation is 1. The van der Waals surface area contributed by atoms with Crippen LogP contribution in [0.3, 0.4) is 0 Å². The highest BCUT2D eigenvalue weighted by Crippen LogP contribution is 2.40. The summed E-state index contributed by atoms with van der Waals surface area (Å²) in [7, 11) is 3.09. The third-order valence-electron chi connectivity index (χ3n) is 8.13. The van der Waals surface area contributed by atoms with Crippen molar-refractivity contribution in [3.63, 3.8) is 0 Å². The van der Waals surface area contributed by atoms with Gasteiger partial charge in [-0.15, -0.1) is 0 Å². The topological polar surface area (TPSA) is 118 Å². The lowest BCUT2D eigenvalue weighted by atomic mass is 9.82. The number of ether oxygens (including phenoxy) is 1. The Morgan fingerprint density at radius 1 is 0.917 bits per heavy atom. The van der Waals surface area contributed by atoms with E-state index in [1.165, 1.54) is 7.11 Å². The normalized spacial score (nSPS) is 13.0. The van der Waals surface area contributed by atoms with E-state index in [1.807, 2.05) is 61.6 Å². The second-order valence-electron chi connectivity index (χ2n) is 11.3. The van der Waals surface area contributed by atoms with E-state index in [1.54, 1.807) is 65.6 Å². The number of pyridine rings is 1. The number of benzene rings is 4. The maximum Gasteiger partial charge on any atom is 0.328 e. The van der Waals surface area contributed by atoms with Crippen LogP contribution in [0, 0.1) is 0 Å². The van der Waals surface area contributed by atoms with Crippen LogP contribution in [0.2, 0.25) is 10.0 Å². The van der Waals surface area contributed by atoms with Crippen molar-refractivity contribution < 1.29 is 19.4 Å². The molecule has 2 amide bonds. The average Bonchev–Trinajstić information content (AvgIpc) is 3.53. The van der Waals surface area contributed by atoms with E-state index in [9.17, 15) is 14.7 Å². The van der Waals surface area contributed by atoms with Gasteiger partial charge in [0.2, 0.25) is 0 Å². The number of urea groups is 1. The molecule has 0 radical (unpaired) electrons. The largest absolute Gasteiger partial charge is 0.467 e. The molecule has 6 aromatic rings. The molecule has 0 saturated carbocycles. The summed E-state index contributed by atoms with van der Waals surface area (Å²) in [5, 5.41) is 19.8. The van der Waals surface area contributed by atoms with Crippen LogP contribution in [0.5, 0.6) is 0 Å². The number of aromatic nitrogens is 3. The molecular formula is C37H31Cl2N5O4. The Labute approximate surface area is 287 Å². The van der Waals surface area contributed by atoms with Crippen LogP contribution < -0.4 is 10.6 Å². The van der Waals surface area contributed by atoms with Crippen LogP contribution in [0.25, 0.3) is 22.0 Å². The van der Waals surface area contributed by atoms with Gasteiger partial charge >= 0.3 is 12.0 Å². The van der Waals surface area contributed by atoms with Gasteiger partial charge in [-0.25, -0.2) is 19.6 Å². The monoisotopic (exact) mass is 679 g/mol. The second kappa shape index (κ2) is 13.9. The van der Waals surface area contributed by atoms with Gasteiger partial charge < -0.3 is 19.7 Å². The summed E-state index contributed by atoms with van der Waals surface area (Å²) < 4.78 is 6.71. The first kappa shape index (κ1) is 32.7. The molecule has 11 heteroatoms. The van der Waals surface area contributed by atoms with Gasteiger partial charge in [-0.05, 0) is 70.3 Å². The number of anilines is 1. The van der Waals surface area contributed by atoms with Crippen LogP contribution >= 0.6 is 23.2 Å². The van der Waals surface area contributed by atoms with Crippen molar-refractivity contribution >= 4 is 51.9 Å². The summed E-state index contributed by atoms with van der Waals surface area (Å²) in [6, 6.07) is 29.3. The zero-order chi connectivity index (χ0) is 33.8. The number of aliphatic hydroxyl groups is 1. The Hall–Kier alpha value is -5.22. The van der Waals surface area contributed by atoms with Gasteiger partial charge in [0.25, 0.3) is 0 Å². The highest BCUT2D eigenvalue weighted by atomic mass is 35.5. The third-order valence-corrected chi connectivity index (χ3v) is 8.61. The molecule has 0 fully saturated rings. The number of fused-ring (bicyclic) bond motifs is 1. The van der Waals surface area contributed by atoms with E-state index in [2.05, 4.69) is 15.6 Å². The third kappa shape index (κ3) is 6.75. The number of carbonyl (C=O) groups is 2. The summed E-state index contributed by atoms with van der Waals surface area (Å²) >= 11 is 12.6. The number of nitrogens with zero attached hydrogens (tertiary/aromatic N) is 3. The van der Waals surface area contributed by atoms with Gasteiger partial charge in [0.05, 0.1) is 30.8 Å². The van der Waals surface area contributed by atoms with Gasteiger partial charge in [-0.2, -0.15) is 0 Å². The van der Waals surface area contributed by atoms with Crippen LogP contribution in [-0.4, -0.2) is 44.8 Å². The molecule has 2 aromatic heterocycles. The Morgan fingerprint density at radius 3 is 2.35 bits per heavy atom. The van der Waals surface area contributed by atoms with Gasteiger partial charge in [0.15, 0.2) is 5.60 Å². The summed E-state index contributed by atoms with van der Waals surface area (Å²) in [5.74, 6) is -0.333. The van der Waals surface area contributed by atoms with Crippen LogP contribution in [0.15, 0.2) is 116 Å². The van der Waals surface area contributed by atoms with Crippen LogP contribution in [0.4, 0.5) is 10.6 Å². The van der Waals surface area contributed by atoms with Crippen molar-refractivity contribution in [2.24, 2.45) is 7.05 Å². The van der Waals surface area contributed by atoms with E-state index in [0.29, 0.717) is 43.3 Å². The summed E-state index contributed by atoms with van der Waals surface area (Å²) in [6.45, 7) is 0. The van der Waals surface area contributed by atoms with Crippen molar-refractivity contribution in [1.82, 2.24) is 19.9 Å². The molecule has 0 aliphatic rings. The highest BCUT2D eigenvalue weighted by Gasteiger charge is 2.37. The molecule has 2 heterocycles. The SMILES string of the molecule is COC(=O)C(Cc1ccccc1)NC(=O)Nc1cc(-c2cccc(Cl)c2)c2cc(C(O)(c3ccc(Cl)cc3)c3cncn3C)ccc2n1. The Balaban J connectivity index is 1.42. The molecule has 3 N–H and O–H groups in total. The van der Waals surface area contributed by atoms with E-state index >= 15 is 0 Å². The Kier molecular flexibility index (Phi) is 9.45. The molecule has 2 unspecified atom stereocenters. The zero-order valence-corrected chi connectivity index (χ0v) is 27.5. The minimum absolute atomic E-state index is 0.241. The molecule has 242 valence electrons. The number of esters is 1. The van der Waals surface area contributed by atoms with E-state index in [4.69, 9.17) is 32.9 Å². The molecule has 9 nitrogen and oxygen atoms in total. The molecule has 4 aromatic carbocycles. The van der Waals surface area contributed by atoms with Gasteiger partial charge in [0, 0.05) is 28.9 Å². The predicted molar refractivity (Wildman–Crippen MR) is 187 cm³/mol. The van der Waals surface area contributed by atoms with Crippen molar-refractivity contribution in [1.29, 1.82) is 0 Å². The van der Waals surface area contributed by atoms with E-state index < -0.39 is 23.6 Å². The maximum atomic E-state index is 13.3. The van der Waals surface area contributed by atoms with Gasteiger partial charge in [0.1, 0.15) is 11.9 Å². The zero-order valence-electron chi connectivity index (χ0n) is 26.0. The molecule has 2 atom stereocenters. The number of methoxy groups -OCH3 is 1. The van der Waals surface area contributed by atoms with Gasteiger partial charge in [-0.3, -0.25) is 5.32 Å². The first-order valence-corrected chi connectivity index (χ1v) is 15.8. The molecule has 0 aliphatic heterocycles. The Morgan fingerprint density at radius 2 is 1.67 bits per heavy atom. The average molecular weight is 681 g/mol. The molecule has 6 rings (SSSR count). The molecule has 0 spiro atoms. The maximum absolute atomic E-state index is 13.3. The predicted octanol–water partition coefficient (Wildman–Crippen LogP) is 7.13. The van der Waals surface area contributed by atoms with Gasteiger partial charge in [-0.1, -0.05) is 83.9 Å². The standard InChI is InChI=1S/C37H31Cl2N5O4/c1-44-22-40-21-33(44)37(47,25-11-14-27(38)15-12-25)26-13-16-31-30(19-26)29(24-9-6-10-28(39)18-24)20-34(41-31)43-36(46)42-32(35(45)48-2)17-23-7-4-3-5-8-23/h3-16,18-22,32,47H,17H2,1-2H3,(H2,41,42,43,46). The fraction of sp³-hybridized carbons (Fsp3) is 0.135. The highest BCUT2D eigenvalue weighted by molar-refractivity contribution is 6.31. The Bertz CT molecular complexity index is 2100. The second-order valence-corrected chi connectivity index (χ2v) is 12.1. The minimum atomic E-state index is -1.60. The fourth-order valence-electron chi connectivity index (χ4n) is 5.77. The summed E-state index contributed by atoms with van der Waals surface area (Å²) in [5.41, 5.74) is 2.98. The summed E-state index contributed by atoms with van der Waals surface area (Å²) in [4.78, 5) is 34.8. The quantitative estimate of drug-likeness (QED) is 0.140. The first-order chi connectivity index (χ1) is 23.1. The van der Waals surface area contributed by atoms with Crippen molar-refractivity contribution in [3.05, 3.63) is 148 Å². The number of imidazole rings is 1. The van der Waals surface area contributed by atoms with E-state index in [-0.39, 0.29) is 12.2 Å². The van der Waals surface area contributed by atoms with Crippen LogP contribution in [-0.2, 0) is 28.6 Å². The number of hydrogen-bond donors (Lipinski definition) is 3. The number of rotatable bonds is 9. The number of amides is 2. The number of carbonyl (C=O) groups excluding carboxylic acids is 2. The minimum Gasteiger partial charge on any atom is -0.467 e. The van der Waals surface area contributed by atoms with E-state index in [0.717, 1.165) is 11.1 Å². The summed E-state index contributed by atoms with van der Waals surface area (Å²) in [6.07, 6.45) is 3.50. The number of halogens is 2. The molecular weight excluding hydrogens is 649 g/mol. The smallest absolute Gasteiger partial charge is 0.328 e. The molecule has 48 heavy (non-hydrogen) atoms. The lowest BCUT2D eigenvalue weighted by Crippen LogP contribution is -2.45. The number of nitrogens with one attached hydrogen (secondary N) is 2. The molecule has 0 bridgehead atoms. The number of hydrogen-bond acceptors (Lipinski definition) is 6.